The van der Waals surface area contributed by atoms with Gasteiger partial charge in [0.15, 0.2) is 0 Å². The normalized spacial score (nSPS) is 13.1. The molecule has 6 heteroatoms. The van der Waals surface area contributed by atoms with E-state index in [1.807, 2.05) is 49.7 Å². The van der Waals surface area contributed by atoms with Crippen LogP contribution in [0.3, 0.4) is 0 Å². The van der Waals surface area contributed by atoms with Crippen LogP contribution in [0.1, 0.15) is 57.6 Å². The maximum absolute atomic E-state index is 13.6. The molecule has 168 valence electrons. The third-order valence-corrected chi connectivity index (χ3v) is 7.56. The fourth-order valence-corrected chi connectivity index (χ4v) is 5.52. The third-order valence-electron chi connectivity index (χ3n) is 5.70. The lowest BCUT2D eigenvalue weighted by atomic mass is 10.1. The van der Waals surface area contributed by atoms with Crippen molar-refractivity contribution in [3.63, 3.8) is 0 Å². The molecule has 0 aliphatic heterocycles. The maximum atomic E-state index is 13.6. The Bertz CT molecular complexity index is 1120. The summed E-state index contributed by atoms with van der Waals surface area (Å²) in [6.45, 7) is 11.8. The predicted molar refractivity (Wildman–Crippen MR) is 126 cm³/mol. The van der Waals surface area contributed by atoms with Crippen LogP contribution in [-0.4, -0.2) is 32.0 Å². The molecule has 2 aromatic heterocycles. The Labute approximate surface area is 186 Å². The van der Waals surface area contributed by atoms with Crippen molar-refractivity contribution in [3.05, 3.63) is 59.9 Å². The lowest BCUT2D eigenvalue weighted by molar-refractivity contribution is 0.305. The van der Waals surface area contributed by atoms with E-state index in [9.17, 15) is 8.42 Å². The van der Waals surface area contributed by atoms with Crippen molar-refractivity contribution in [3.8, 4) is 5.75 Å². The van der Waals surface area contributed by atoms with Gasteiger partial charge in [-0.1, -0.05) is 26.8 Å². The largest absolute Gasteiger partial charge is 0.494 e. The van der Waals surface area contributed by atoms with Gasteiger partial charge in [0.2, 0.25) is 9.84 Å². The zero-order valence-electron chi connectivity index (χ0n) is 19.2. The van der Waals surface area contributed by atoms with E-state index in [1.165, 1.54) is 0 Å². The molecule has 31 heavy (non-hydrogen) atoms. The third kappa shape index (κ3) is 5.13. The number of fused-ring (bicyclic) bond motifs is 1. The van der Waals surface area contributed by atoms with E-state index in [2.05, 4.69) is 19.2 Å². The second-order valence-electron chi connectivity index (χ2n) is 8.46. The highest BCUT2D eigenvalue weighted by Crippen LogP contribution is 2.35. The van der Waals surface area contributed by atoms with Gasteiger partial charge in [-0.05, 0) is 80.6 Å². The molecular weight excluding hydrogens is 408 g/mol. The molecular formula is C25H34N2O3S. The van der Waals surface area contributed by atoms with Crippen LogP contribution < -0.4 is 10.1 Å². The van der Waals surface area contributed by atoms with Crippen LogP contribution in [0.4, 0.5) is 0 Å². The van der Waals surface area contributed by atoms with Crippen molar-refractivity contribution < 1.29 is 13.2 Å². The van der Waals surface area contributed by atoms with Gasteiger partial charge in [0.1, 0.15) is 10.6 Å². The number of pyridine rings is 1. The van der Waals surface area contributed by atoms with Crippen LogP contribution in [0.5, 0.6) is 5.75 Å². The minimum absolute atomic E-state index is 0.0933. The number of nitrogens with one attached hydrogen (secondary N) is 1. The highest BCUT2D eigenvalue weighted by molar-refractivity contribution is 7.91. The Hall–Kier alpha value is -2.31. The zero-order chi connectivity index (χ0) is 22.6. The van der Waals surface area contributed by atoms with Gasteiger partial charge in [-0.3, -0.25) is 0 Å². The van der Waals surface area contributed by atoms with Gasteiger partial charge in [0.25, 0.3) is 0 Å². The van der Waals surface area contributed by atoms with Crippen molar-refractivity contribution in [1.29, 1.82) is 0 Å². The second-order valence-corrected chi connectivity index (χ2v) is 10.3. The second kappa shape index (κ2) is 9.88. The first-order valence-corrected chi connectivity index (χ1v) is 12.6. The number of nitrogens with zero attached hydrogens (tertiary/aromatic N) is 1. The van der Waals surface area contributed by atoms with Crippen LogP contribution in [0, 0.1) is 6.92 Å². The van der Waals surface area contributed by atoms with Crippen LogP contribution in [0.2, 0.25) is 0 Å². The monoisotopic (exact) mass is 442 g/mol. The summed E-state index contributed by atoms with van der Waals surface area (Å²) in [5.41, 5.74) is 2.53. The first-order valence-electron chi connectivity index (χ1n) is 11.1. The highest BCUT2D eigenvalue weighted by atomic mass is 32.2. The van der Waals surface area contributed by atoms with E-state index in [0.29, 0.717) is 23.3 Å². The SMILES string of the molecule is CCC(C)NCCCOc1ccc(S(=O)(=O)c2c(C(C)C)cn3cccc(C)c23)cc1. The fraction of sp³-hybridized carbons (Fsp3) is 0.440. The molecule has 5 nitrogen and oxygen atoms in total. The molecule has 0 saturated heterocycles. The van der Waals surface area contributed by atoms with Crippen LogP contribution in [0.25, 0.3) is 5.52 Å². The molecule has 0 fully saturated rings. The van der Waals surface area contributed by atoms with E-state index in [4.69, 9.17) is 4.74 Å². The average molecular weight is 443 g/mol. The summed E-state index contributed by atoms with van der Waals surface area (Å²) in [4.78, 5) is 0.696. The smallest absolute Gasteiger partial charge is 0.209 e. The summed E-state index contributed by atoms with van der Waals surface area (Å²) in [5.74, 6) is 0.778. The van der Waals surface area contributed by atoms with Gasteiger partial charge in [-0.2, -0.15) is 0 Å². The van der Waals surface area contributed by atoms with Crippen LogP contribution in [-0.2, 0) is 9.84 Å². The summed E-state index contributed by atoms with van der Waals surface area (Å²) in [6, 6.07) is 11.2. The van der Waals surface area contributed by atoms with Crippen molar-refractivity contribution >= 4 is 15.4 Å². The first-order chi connectivity index (χ1) is 14.8. The molecule has 1 N–H and O–H groups in total. The fourth-order valence-electron chi connectivity index (χ4n) is 3.67. The van der Waals surface area contributed by atoms with Gasteiger partial charge in [-0.25, -0.2) is 8.42 Å². The van der Waals surface area contributed by atoms with Gasteiger partial charge in [0, 0.05) is 18.4 Å². The molecule has 2 heterocycles. The van der Waals surface area contributed by atoms with E-state index < -0.39 is 9.84 Å². The maximum Gasteiger partial charge on any atom is 0.209 e. The summed E-state index contributed by atoms with van der Waals surface area (Å²) in [7, 11) is -3.67. The molecule has 3 aromatic rings. The molecule has 0 amide bonds. The van der Waals surface area contributed by atoms with Crippen molar-refractivity contribution in [2.75, 3.05) is 13.2 Å². The van der Waals surface area contributed by atoms with E-state index >= 15 is 0 Å². The van der Waals surface area contributed by atoms with Crippen LogP contribution in [0.15, 0.2) is 58.6 Å². The molecule has 1 atom stereocenters. The molecule has 0 radical (unpaired) electrons. The molecule has 0 saturated carbocycles. The van der Waals surface area contributed by atoms with Crippen molar-refractivity contribution in [1.82, 2.24) is 9.72 Å². The number of hydrogen-bond donors (Lipinski definition) is 1. The summed E-state index contributed by atoms with van der Waals surface area (Å²) in [5, 5.41) is 3.44. The standard InChI is InChI=1S/C25H34N2O3S/c1-6-20(5)26-14-8-16-30-21-10-12-22(13-11-21)31(28,29)25-23(18(2)3)17-27-15-7-9-19(4)24(25)27/h7,9-13,15,17-18,20,26H,6,8,14,16H2,1-5H3. The van der Waals surface area contributed by atoms with Gasteiger partial charge in [0.05, 0.1) is 17.0 Å². The summed E-state index contributed by atoms with van der Waals surface area (Å²) >= 11 is 0. The van der Waals surface area contributed by atoms with Crippen molar-refractivity contribution in [2.45, 2.75) is 69.2 Å². The van der Waals surface area contributed by atoms with E-state index in [0.717, 1.165) is 36.0 Å². The van der Waals surface area contributed by atoms with Crippen molar-refractivity contribution in [2.24, 2.45) is 0 Å². The molecule has 0 spiro atoms. The number of ether oxygens (including phenoxy) is 1. The molecule has 1 aromatic carbocycles. The molecule has 0 bridgehead atoms. The van der Waals surface area contributed by atoms with Gasteiger partial charge in [-0.15, -0.1) is 0 Å². The van der Waals surface area contributed by atoms with Gasteiger partial charge < -0.3 is 14.5 Å². The number of rotatable bonds is 10. The predicted octanol–water partition coefficient (Wildman–Crippen LogP) is 5.36. The number of aromatic nitrogens is 1. The molecule has 0 aliphatic rings. The minimum Gasteiger partial charge on any atom is -0.494 e. The Balaban J connectivity index is 1.81. The Morgan fingerprint density at radius 1 is 1.10 bits per heavy atom. The quantitative estimate of drug-likeness (QED) is 0.429. The summed E-state index contributed by atoms with van der Waals surface area (Å²) in [6.07, 6.45) is 5.84. The number of aryl methyl sites for hydroxylation is 1. The number of sulfone groups is 1. The number of benzene rings is 1. The van der Waals surface area contributed by atoms with Gasteiger partial charge >= 0.3 is 0 Å². The lowest BCUT2D eigenvalue weighted by Gasteiger charge is -2.12. The lowest BCUT2D eigenvalue weighted by Crippen LogP contribution is -2.27. The summed E-state index contributed by atoms with van der Waals surface area (Å²) < 4.78 is 35.0. The Morgan fingerprint density at radius 2 is 1.81 bits per heavy atom. The number of hydrogen-bond acceptors (Lipinski definition) is 4. The van der Waals surface area contributed by atoms with E-state index in [-0.39, 0.29) is 10.8 Å². The minimum atomic E-state index is -3.67. The Morgan fingerprint density at radius 3 is 2.45 bits per heavy atom. The molecule has 1 unspecified atom stereocenters. The molecule has 3 rings (SSSR count). The Kier molecular flexibility index (Phi) is 7.44. The zero-order valence-corrected chi connectivity index (χ0v) is 20.0. The van der Waals surface area contributed by atoms with Crippen LogP contribution >= 0.6 is 0 Å². The van der Waals surface area contributed by atoms with E-state index in [1.54, 1.807) is 24.3 Å². The topological polar surface area (TPSA) is 59.8 Å². The molecule has 0 aliphatic carbocycles. The average Bonchev–Trinajstić information content (AvgIpc) is 3.16. The first kappa shape index (κ1) is 23.4. The highest BCUT2D eigenvalue weighted by Gasteiger charge is 2.28.